The van der Waals surface area contributed by atoms with Crippen molar-refractivity contribution in [2.75, 3.05) is 0 Å². The first-order valence-corrected chi connectivity index (χ1v) is 10.6. The minimum atomic E-state index is -4.84. The average molecular weight is 524 g/mol. The zero-order valence-corrected chi connectivity index (χ0v) is 18.9. The molecule has 0 saturated carbocycles. The molecule has 0 unspecified atom stereocenters. The molecule has 194 valence electrons. The van der Waals surface area contributed by atoms with Gasteiger partial charge in [0.1, 0.15) is 5.69 Å². The second kappa shape index (κ2) is 9.69. The van der Waals surface area contributed by atoms with Gasteiger partial charge in [0.05, 0.1) is 22.9 Å². The van der Waals surface area contributed by atoms with Crippen LogP contribution in [0.2, 0.25) is 0 Å². The molecule has 0 aliphatic carbocycles. The number of carbonyl (C=O) groups excluding carboxylic acids is 1. The molecule has 4 rings (SSSR count). The van der Waals surface area contributed by atoms with Gasteiger partial charge in [0, 0.05) is 12.6 Å². The van der Waals surface area contributed by atoms with Crippen LogP contribution >= 0.6 is 0 Å². The smallest absolute Gasteiger partial charge is 0.415 e. The maximum absolute atomic E-state index is 13.5. The second-order valence-electron chi connectivity index (χ2n) is 7.96. The molecule has 14 heteroatoms. The summed E-state index contributed by atoms with van der Waals surface area (Å²) in [4.78, 5) is 11.8. The molecule has 0 aliphatic heterocycles. The maximum atomic E-state index is 13.5. The number of alkyl halides is 6. The highest BCUT2D eigenvalue weighted by molar-refractivity contribution is 5.80. The van der Waals surface area contributed by atoms with Gasteiger partial charge in [-0.3, -0.25) is 4.79 Å². The molecule has 0 spiro atoms. The predicted octanol–water partition coefficient (Wildman–Crippen LogP) is 4.59. The Morgan fingerprint density at radius 3 is 2.38 bits per heavy atom. The lowest BCUT2D eigenvalue weighted by atomic mass is 10.1. The predicted molar refractivity (Wildman–Crippen MR) is 118 cm³/mol. The molecule has 0 radical (unpaired) electrons. The number of benzene rings is 2. The fourth-order valence-electron chi connectivity index (χ4n) is 3.37. The lowest BCUT2D eigenvalue weighted by Gasteiger charge is -2.10. The quantitative estimate of drug-likeness (QED) is 0.357. The summed E-state index contributed by atoms with van der Waals surface area (Å²) < 4.78 is 87.0. The lowest BCUT2D eigenvalue weighted by molar-refractivity contribution is -0.141. The van der Waals surface area contributed by atoms with Gasteiger partial charge in [0.15, 0.2) is 5.69 Å². The van der Waals surface area contributed by atoms with Crippen LogP contribution in [-0.2, 0) is 23.7 Å². The zero-order valence-electron chi connectivity index (χ0n) is 18.9. The Kier molecular flexibility index (Phi) is 6.78. The van der Waals surface area contributed by atoms with Gasteiger partial charge in [-0.15, -0.1) is 10.2 Å². The van der Waals surface area contributed by atoms with Crippen molar-refractivity contribution in [1.82, 2.24) is 25.3 Å². The van der Waals surface area contributed by atoms with E-state index < -0.39 is 52.9 Å². The number of hydrogen-bond acceptors (Lipinski definition) is 6. The van der Waals surface area contributed by atoms with Crippen LogP contribution in [0.5, 0.6) is 0 Å². The topological polar surface area (TPSA) is 112 Å². The molecular formula is C23H18F6N6O2. The lowest BCUT2D eigenvalue weighted by Crippen LogP contribution is -2.37. The second-order valence-corrected chi connectivity index (χ2v) is 7.96. The Balaban J connectivity index is 1.76. The third kappa shape index (κ3) is 5.63. The highest BCUT2D eigenvalue weighted by atomic mass is 19.4. The van der Waals surface area contributed by atoms with Gasteiger partial charge >= 0.3 is 12.4 Å². The highest BCUT2D eigenvalue weighted by Crippen LogP contribution is 2.38. The molecule has 0 fully saturated rings. The molecule has 2 aromatic heterocycles. The van der Waals surface area contributed by atoms with Crippen LogP contribution < -0.4 is 11.1 Å². The first kappa shape index (κ1) is 25.9. The number of nitrogens with one attached hydrogen (secondary N) is 1. The summed E-state index contributed by atoms with van der Waals surface area (Å²) in [6, 6.07) is 10.4. The fourth-order valence-corrected chi connectivity index (χ4v) is 3.37. The molecule has 0 aliphatic rings. The largest absolute Gasteiger partial charge is 0.435 e. The monoisotopic (exact) mass is 524 g/mol. The van der Waals surface area contributed by atoms with Crippen LogP contribution in [0.1, 0.15) is 23.7 Å². The van der Waals surface area contributed by atoms with Crippen molar-refractivity contribution in [1.29, 1.82) is 0 Å². The molecule has 3 N–H and O–H groups in total. The summed E-state index contributed by atoms with van der Waals surface area (Å²) in [7, 11) is 0. The van der Waals surface area contributed by atoms with Gasteiger partial charge in [-0.1, -0.05) is 24.3 Å². The number of nitrogens with zero attached hydrogens (tertiary/aromatic N) is 4. The van der Waals surface area contributed by atoms with Crippen molar-refractivity contribution in [3.63, 3.8) is 0 Å². The van der Waals surface area contributed by atoms with E-state index in [1.807, 2.05) is 0 Å². The van der Waals surface area contributed by atoms with Gasteiger partial charge in [-0.2, -0.15) is 31.4 Å². The molecule has 0 bridgehead atoms. The Labute approximate surface area is 205 Å². The summed E-state index contributed by atoms with van der Waals surface area (Å²) in [5.41, 5.74) is 3.12. The maximum Gasteiger partial charge on any atom is 0.435 e. The number of halogens is 6. The van der Waals surface area contributed by atoms with Crippen LogP contribution in [0.15, 0.2) is 59.0 Å². The van der Waals surface area contributed by atoms with Gasteiger partial charge in [-0.25, -0.2) is 4.68 Å². The van der Waals surface area contributed by atoms with Crippen LogP contribution in [0.4, 0.5) is 26.3 Å². The van der Waals surface area contributed by atoms with E-state index in [-0.39, 0.29) is 17.9 Å². The van der Waals surface area contributed by atoms with E-state index in [2.05, 4.69) is 20.6 Å². The van der Waals surface area contributed by atoms with Crippen molar-refractivity contribution in [2.45, 2.75) is 31.9 Å². The molecule has 1 atom stereocenters. The number of aromatic nitrogens is 4. The van der Waals surface area contributed by atoms with Crippen molar-refractivity contribution in [2.24, 2.45) is 5.73 Å². The molecule has 4 aromatic rings. The van der Waals surface area contributed by atoms with Crippen LogP contribution in [0, 0.1) is 0 Å². The van der Waals surface area contributed by atoms with E-state index >= 15 is 0 Å². The van der Waals surface area contributed by atoms with E-state index in [9.17, 15) is 31.1 Å². The minimum absolute atomic E-state index is 0.0376. The van der Waals surface area contributed by atoms with E-state index in [0.717, 1.165) is 16.8 Å². The Hall–Kier alpha value is -4.20. The van der Waals surface area contributed by atoms with Crippen LogP contribution in [-0.4, -0.2) is 31.9 Å². The Bertz CT molecular complexity index is 1420. The minimum Gasteiger partial charge on any atom is -0.415 e. The first-order valence-electron chi connectivity index (χ1n) is 10.6. The summed E-state index contributed by atoms with van der Waals surface area (Å²) in [6.07, 6.45) is -9.57. The van der Waals surface area contributed by atoms with Crippen molar-refractivity contribution >= 4 is 5.91 Å². The molecule has 8 nitrogen and oxygen atoms in total. The number of carbonyl (C=O) groups is 1. The molecule has 1 amide bonds. The van der Waals surface area contributed by atoms with Crippen molar-refractivity contribution < 1.29 is 35.6 Å². The molecule has 2 aromatic carbocycles. The number of amides is 1. The molecule has 2 heterocycles. The Morgan fingerprint density at radius 2 is 1.70 bits per heavy atom. The molecule has 0 saturated heterocycles. The highest BCUT2D eigenvalue weighted by Gasteiger charge is 2.37. The van der Waals surface area contributed by atoms with Crippen molar-refractivity contribution in [3.8, 4) is 28.7 Å². The number of rotatable bonds is 6. The van der Waals surface area contributed by atoms with Crippen molar-refractivity contribution in [3.05, 3.63) is 71.4 Å². The SMILES string of the molecule is C[C@H](N)C(=O)NCc1cccc(-n2nc(C(F)(F)F)cc2-c2nnc(-c3ccccc3C(F)(F)F)o2)c1. The average Bonchev–Trinajstić information content (AvgIpc) is 3.49. The molecule has 37 heavy (non-hydrogen) atoms. The van der Waals surface area contributed by atoms with Gasteiger partial charge < -0.3 is 15.5 Å². The van der Waals surface area contributed by atoms with Gasteiger partial charge in [0.2, 0.25) is 11.8 Å². The first-order chi connectivity index (χ1) is 17.3. The summed E-state index contributed by atoms with van der Waals surface area (Å²) in [5.74, 6) is -1.44. The van der Waals surface area contributed by atoms with E-state index in [4.69, 9.17) is 10.2 Å². The fraction of sp³-hybridized carbons (Fsp3) is 0.217. The number of hydrogen-bond donors (Lipinski definition) is 2. The summed E-state index contributed by atoms with van der Waals surface area (Å²) in [6.45, 7) is 1.53. The van der Waals surface area contributed by atoms with Crippen LogP contribution in [0.3, 0.4) is 0 Å². The van der Waals surface area contributed by atoms with Gasteiger partial charge in [0.25, 0.3) is 5.89 Å². The normalized spacial score (nSPS) is 13.0. The summed E-state index contributed by atoms with van der Waals surface area (Å²) >= 11 is 0. The van der Waals surface area contributed by atoms with Crippen LogP contribution in [0.25, 0.3) is 28.7 Å². The number of nitrogens with two attached hydrogens (primary N) is 1. The standard InChI is InChI=1S/C23H18F6N6O2/c1-12(30)19(36)31-11-13-5-4-6-14(9-13)35-17(10-18(34-35)23(27,28)29)21-33-32-20(37-21)15-7-2-3-8-16(15)22(24,25)26/h2-10,12H,11,30H2,1H3,(H,31,36)/t12-/m0/s1. The third-order valence-corrected chi connectivity index (χ3v) is 5.14. The van der Waals surface area contributed by atoms with E-state index in [1.54, 1.807) is 6.07 Å². The zero-order chi connectivity index (χ0) is 27.0. The Morgan fingerprint density at radius 1 is 1.00 bits per heavy atom. The van der Waals surface area contributed by atoms with Gasteiger partial charge in [-0.05, 0) is 36.8 Å². The van der Waals surface area contributed by atoms with E-state index in [0.29, 0.717) is 11.6 Å². The summed E-state index contributed by atoms with van der Waals surface area (Å²) in [5, 5.41) is 13.5. The van der Waals surface area contributed by atoms with E-state index in [1.165, 1.54) is 37.3 Å². The molecular weight excluding hydrogens is 506 g/mol. The third-order valence-electron chi connectivity index (χ3n) is 5.14.